The first-order valence-corrected chi connectivity index (χ1v) is 14.1. The summed E-state index contributed by atoms with van der Waals surface area (Å²) in [5, 5.41) is 0. The molecule has 0 unspecified atom stereocenters. The lowest BCUT2D eigenvalue weighted by molar-refractivity contribution is 0.256. The average molecular weight is 582 g/mol. The molecule has 0 atom stereocenters. The van der Waals surface area contributed by atoms with Crippen molar-refractivity contribution in [3.8, 4) is 35.0 Å². The number of ether oxygens (including phenoxy) is 4. The SMILES string of the molecule is [c]1c(OCc2ccccc2)nc(OCc2ccccc2)nc1-c1cnc(OCc2ccccc2)nc1OCc1ccccc1. The molecule has 0 saturated heterocycles. The summed E-state index contributed by atoms with van der Waals surface area (Å²) in [6, 6.07) is 42.7. The molecule has 8 nitrogen and oxygen atoms in total. The molecule has 2 aromatic heterocycles. The third-order valence-corrected chi connectivity index (χ3v) is 6.48. The summed E-state index contributed by atoms with van der Waals surface area (Å²) < 4.78 is 24.2. The van der Waals surface area contributed by atoms with Crippen LogP contribution in [0.4, 0.5) is 0 Å². The van der Waals surface area contributed by atoms with Gasteiger partial charge in [-0.2, -0.15) is 15.0 Å². The number of hydrogen-bond acceptors (Lipinski definition) is 8. The van der Waals surface area contributed by atoms with Gasteiger partial charge in [-0.05, 0) is 22.3 Å². The highest BCUT2D eigenvalue weighted by Gasteiger charge is 2.18. The maximum Gasteiger partial charge on any atom is 0.320 e. The molecule has 44 heavy (non-hydrogen) atoms. The van der Waals surface area contributed by atoms with Crippen LogP contribution in [0.15, 0.2) is 128 Å². The molecule has 6 rings (SSSR count). The molecule has 0 aliphatic rings. The first kappa shape index (κ1) is 28.4. The van der Waals surface area contributed by atoms with E-state index < -0.39 is 0 Å². The van der Waals surface area contributed by atoms with Crippen LogP contribution in [0.1, 0.15) is 22.3 Å². The van der Waals surface area contributed by atoms with E-state index in [2.05, 4.69) is 26.0 Å². The number of rotatable bonds is 13. The van der Waals surface area contributed by atoms with Crippen molar-refractivity contribution in [1.82, 2.24) is 19.9 Å². The van der Waals surface area contributed by atoms with Gasteiger partial charge in [0.25, 0.3) is 0 Å². The van der Waals surface area contributed by atoms with Gasteiger partial charge in [0.05, 0.1) is 17.3 Å². The van der Waals surface area contributed by atoms with Gasteiger partial charge in [0.15, 0.2) is 0 Å². The number of nitrogens with zero attached hydrogens (tertiary/aromatic N) is 4. The van der Waals surface area contributed by atoms with Crippen LogP contribution in [-0.2, 0) is 26.4 Å². The van der Waals surface area contributed by atoms with Crippen LogP contribution in [0.5, 0.6) is 23.8 Å². The molecule has 0 N–H and O–H groups in total. The molecule has 0 bridgehead atoms. The van der Waals surface area contributed by atoms with Gasteiger partial charge in [-0.3, -0.25) is 0 Å². The van der Waals surface area contributed by atoms with Crippen LogP contribution in [0, 0.1) is 6.07 Å². The fourth-order valence-electron chi connectivity index (χ4n) is 4.21. The van der Waals surface area contributed by atoms with Crippen LogP contribution >= 0.6 is 0 Å². The molecule has 2 heterocycles. The van der Waals surface area contributed by atoms with Gasteiger partial charge in [-0.15, -0.1) is 0 Å². The first-order valence-electron chi connectivity index (χ1n) is 14.1. The fourth-order valence-corrected chi connectivity index (χ4v) is 4.21. The molecule has 0 spiro atoms. The normalized spacial score (nSPS) is 10.6. The molecule has 8 heteroatoms. The van der Waals surface area contributed by atoms with Gasteiger partial charge >= 0.3 is 12.0 Å². The molecule has 0 saturated carbocycles. The highest BCUT2D eigenvalue weighted by atomic mass is 16.5. The van der Waals surface area contributed by atoms with Gasteiger partial charge in [-0.1, -0.05) is 121 Å². The summed E-state index contributed by atoms with van der Waals surface area (Å²) in [6.45, 7) is 1.17. The van der Waals surface area contributed by atoms with Crippen LogP contribution in [-0.4, -0.2) is 19.9 Å². The standard InChI is InChI=1S/C36H29N4O4/c1-5-13-27(14-6-1)23-41-33-21-32(38-36(39-33)44-26-30-19-11-4-12-20-30)31-22-37-35(43-25-29-17-9-3-10-18-29)40-34(31)42-24-28-15-7-2-8-16-28/h1-20,22H,23-26H2. The van der Waals surface area contributed by atoms with Crippen LogP contribution < -0.4 is 18.9 Å². The second-order valence-electron chi connectivity index (χ2n) is 9.75. The Kier molecular flexibility index (Phi) is 9.30. The Morgan fingerprint density at radius 2 is 0.909 bits per heavy atom. The second-order valence-corrected chi connectivity index (χ2v) is 9.75. The van der Waals surface area contributed by atoms with Gasteiger partial charge in [0, 0.05) is 6.20 Å². The van der Waals surface area contributed by atoms with E-state index >= 15 is 0 Å². The molecule has 217 valence electrons. The number of hydrogen-bond donors (Lipinski definition) is 0. The van der Waals surface area contributed by atoms with Crippen molar-refractivity contribution >= 4 is 0 Å². The molecule has 0 fully saturated rings. The number of aromatic nitrogens is 4. The summed E-state index contributed by atoms with van der Waals surface area (Å²) in [4.78, 5) is 18.2. The van der Waals surface area contributed by atoms with E-state index in [1.54, 1.807) is 6.20 Å². The quantitative estimate of drug-likeness (QED) is 0.143. The van der Waals surface area contributed by atoms with Crippen LogP contribution in [0.3, 0.4) is 0 Å². The monoisotopic (exact) mass is 581 g/mol. The Balaban J connectivity index is 1.31. The average Bonchev–Trinajstić information content (AvgIpc) is 3.10. The van der Waals surface area contributed by atoms with Crippen molar-refractivity contribution in [2.24, 2.45) is 0 Å². The third-order valence-electron chi connectivity index (χ3n) is 6.48. The zero-order valence-electron chi connectivity index (χ0n) is 23.9. The van der Waals surface area contributed by atoms with E-state index in [9.17, 15) is 0 Å². The van der Waals surface area contributed by atoms with Gasteiger partial charge in [0.2, 0.25) is 11.8 Å². The first-order chi connectivity index (χ1) is 21.8. The summed E-state index contributed by atoms with van der Waals surface area (Å²) in [7, 11) is 0. The molecule has 4 aromatic carbocycles. The van der Waals surface area contributed by atoms with E-state index in [0.29, 0.717) is 24.5 Å². The maximum atomic E-state index is 6.22. The van der Waals surface area contributed by atoms with Crippen molar-refractivity contribution in [3.63, 3.8) is 0 Å². The van der Waals surface area contributed by atoms with E-state index in [1.165, 1.54) is 0 Å². The molecule has 6 aromatic rings. The highest BCUT2D eigenvalue weighted by Crippen LogP contribution is 2.31. The van der Waals surface area contributed by atoms with Gasteiger partial charge in [0.1, 0.15) is 26.4 Å². The topological polar surface area (TPSA) is 88.5 Å². The summed E-state index contributed by atoms with van der Waals surface area (Å²) in [5.74, 6) is 0.505. The summed E-state index contributed by atoms with van der Waals surface area (Å²) >= 11 is 0. The highest BCUT2D eigenvalue weighted by molar-refractivity contribution is 5.64. The van der Waals surface area contributed by atoms with Crippen molar-refractivity contribution in [2.45, 2.75) is 26.4 Å². The minimum Gasteiger partial charge on any atom is -0.472 e. The fraction of sp³-hybridized carbons (Fsp3) is 0.111. The van der Waals surface area contributed by atoms with Gasteiger partial charge < -0.3 is 18.9 Å². The molecule has 0 aliphatic carbocycles. The van der Waals surface area contributed by atoms with Crippen LogP contribution in [0.2, 0.25) is 0 Å². The predicted molar refractivity (Wildman–Crippen MR) is 165 cm³/mol. The summed E-state index contributed by atoms with van der Waals surface area (Å²) in [6.07, 6.45) is 1.61. The zero-order valence-corrected chi connectivity index (χ0v) is 23.9. The van der Waals surface area contributed by atoms with Crippen molar-refractivity contribution in [3.05, 3.63) is 156 Å². The number of benzene rings is 4. The minimum atomic E-state index is 0.129. The molecule has 0 aliphatic heterocycles. The lowest BCUT2D eigenvalue weighted by Gasteiger charge is -2.14. The lowest BCUT2D eigenvalue weighted by atomic mass is 10.2. The predicted octanol–water partition coefficient (Wildman–Crippen LogP) is 7.05. The Hall–Kier alpha value is -5.76. The molecular weight excluding hydrogens is 552 g/mol. The van der Waals surface area contributed by atoms with Crippen molar-refractivity contribution in [1.29, 1.82) is 0 Å². The second kappa shape index (κ2) is 14.4. The molecule has 0 amide bonds. The largest absolute Gasteiger partial charge is 0.472 e. The summed E-state index contributed by atoms with van der Waals surface area (Å²) in [5.41, 5.74) is 4.80. The van der Waals surface area contributed by atoms with E-state index in [-0.39, 0.29) is 37.0 Å². The Morgan fingerprint density at radius 3 is 1.43 bits per heavy atom. The molecule has 1 radical (unpaired) electrons. The van der Waals surface area contributed by atoms with E-state index in [0.717, 1.165) is 22.3 Å². The Bertz CT molecular complexity index is 1690. The van der Waals surface area contributed by atoms with Crippen LogP contribution in [0.25, 0.3) is 11.3 Å². The van der Waals surface area contributed by atoms with E-state index in [4.69, 9.17) is 18.9 Å². The Morgan fingerprint density at radius 1 is 0.455 bits per heavy atom. The maximum absolute atomic E-state index is 6.22. The lowest BCUT2D eigenvalue weighted by Crippen LogP contribution is -2.07. The Labute approximate surface area is 256 Å². The minimum absolute atomic E-state index is 0.129. The smallest absolute Gasteiger partial charge is 0.320 e. The van der Waals surface area contributed by atoms with Crippen molar-refractivity contribution < 1.29 is 18.9 Å². The van der Waals surface area contributed by atoms with E-state index in [1.807, 2.05) is 121 Å². The van der Waals surface area contributed by atoms with Gasteiger partial charge in [-0.25, -0.2) is 4.98 Å². The molecular formula is C36H29N4O4. The van der Waals surface area contributed by atoms with Crippen molar-refractivity contribution in [2.75, 3.05) is 0 Å². The zero-order chi connectivity index (χ0) is 29.8. The third kappa shape index (κ3) is 7.95.